The topological polar surface area (TPSA) is 72.5 Å². The van der Waals surface area contributed by atoms with E-state index in [1.54, 1.807) is 6.07 Å². The van der Waals surface area contributed by atoms with Crippen LogP contribution in [0, 0.1) is 0 Å². The van der Waals surface area contributed by atoms with Crippen molar-refractivity contribution in [2.45, 2.75) is 19.4 Å². The highest BCUT2D eigenvalue weighted by Gasteiger charge is 2.12. The first kappa shape index (κ1) is 14.6. The average molecular weight is 291 g/mol. The lowest BCUT2D eigenvalue weighted by atomic mass is 10.2. The number of carbonyl (C=O) groups is 1. The van der Waals surface area contributed by atoms with Crippen molar-refractivity contribution >= 4 is 22.3 Å². The third-order valence-electron chi connectivity index (χ3n) is 2.87. The average Bonchev–Trinajstić information content (AvgIpc) is 2.81. The molecule has 0 saturated heterocycles. The van der Waals surface area contributed by atoms with E-state index in [1.165, 1.54) is 11.3 Å². The van der Waals surface area contributed by atoms with Crippen LogP contribution in [0.3, 0.4) is 0 Å². The molecule has 0 unspecified atom stereocenters. The standard InChI is InChI=1S/C15H17NO3S/c16-14-13(15(17)18)9-12(20-14)7-4-8-19-10-11-5-2-1-3-6-11/h1-3,5-6,9H,4,7-8,10,16H2,(H,17,18). The molecule has 106 valence electrons. The SMILES string of the molecule is Nc1sc(CCCOCc2ccccc2)cc1C(=O)O. The molecule has 1 aromatic heterocycles. The number of nitrogen functional groups attached to an aromatic ring is 1. The van der Waals surface area contributed by atoms with Gasteiger partial charge in [0.1, 0.15) is 5.00 Å². The van der Waals surface area contributed by atoms with Crippen molar-refractivity contribution in [3.05, 3.63) is 52.4 Å². The Morgan fingerprint density at radius 3 is 2.70 bits per heavy atom. The van der Waals surface area contributed by atoms with Crippen molar-refractivity contribution < 1.29 is 14.6 Å². The molecule has 4 nitrogen and oxygen atoms in total. The molecule has 1 aromatic carbocycles. The summed E-state index contributed by atoms with van der Waals surface area (Å²) < 4.78 is 5.58. The lowest BCUT2D eigenvalue weighted by Crippen LogP contribution is -1.98. The summed E-state index contributed by atoms with van der Waals surface area (Å²) in [5, 5.41) is 9.29. The van der Waals surface area contributed by atoms with Crippen LogP contribution >= 0.6 is 11.3 Å². The van der Waals surface area contributed by atoms with Crippen molar-refractivity contribution in [3.63, 3.8) is 0 Å². The third-order valence-corrected chi connectivity index (χ3v) is 3.89. The van der Waals surface area contributed by atoms with E-state index >= 15 is 0 Å². The van der Waals surface area contributed by atoms with Crippen LogP contribution in [0.25, 0.3) is 0 Å². The summed E-state index contributed by atoms with van der Waals surface area (Å²) in [7, 11) is 0. The van der Waals surface area contributed by atoms with Crippen LogP contribution in [0.1, 0.15) is 27.2 Å². The highest BCUT2D eigenvalue weighted by molar-refractivity contribution is 7.16. The fourth-order valence-electron chi connectivity index (χ4n) is 1.86. The second-order valence-corrected chi connectivity index (χ2v) is 5.61. The fraction of sp³-hybridized carbons (Fsp3) is 0.267. The smallest absolute Gasteiger partial charge is 0.338 e. The molecule has 0 fully saturated rings. The summed E-state index contributed by atoms with van der Waals surface area (Å²) in [4.78, 5) is 11.9. The molecule has 0 bridgehead atoms. The summed E-state index contributed by atoms with van der Waals surface area (Å²) in [6.07, 6.45) is 1.64. The number of carboxylic acids is 1. The number of hydrogen-bond acceptors (Lipinski definition) is 4. The summed E-state index contributed by atoms with van der Waals surface area (Å²) in [5.74, 6) is -0.967. The van der Waals surface area contributed by atoms with Crippen molar-refractivity contribution in [2.75, 3.05) is 12.3 Å². The molecule has 0 saturated carbocycles. The first-order chi connectivity index (χ1) is 9.66. The molecule has 0 radical (unpaired) electrons. The second kappa shape index (κ2) is 7.07. The largest absolute Gasteiger partial charge is 0.478 e. The van der Waals surface area contributed by atoms with Crippen molar-refractivity contribution in [1.29, 1.82) is 0 Å². The molecular weight excluding hydrogens is 274 g/mol. The number of aromatic carboxylic acids is 1. The van der Waals surface area contributed by atoms with Gasteiger partial charge in [0.15, 0.2) is 0 Å². The molecule has 0 aliphatic carbocycles. The van der Waals surface area contributed by atoms with E-state index in [4.69, 9.17) is 15.6 Å². The second-order valence-electron chi connectivity index (χ2n) is 4.44. The minimum Gasteiger partial charge on any atom is -0.478 e. The Bertz CT molecular complexity index is 566. The predicted octanol–water partition coefficient (Wildman–Crippen LogP) is 3.18. The number of nitrogens with two attached hydrogens (primary N) is 1. The molecule has 0 amide bonds. The van der Waals surface area contributed by atoms with Crippen LogP contribution in [-0.2, 0) is 17.8 Å². The molecule has 20 heavy (non-hydrogen) atoms. The highest BCUT2D eigenvalue weighted by atomic mass is 32.1. The van der Waals surface area contributed by atoms with Crippen LogP contribution in [0.15, 0.2) is 36.4 Å². The number of ether oxygens (including phenoxy) is 1. The van der Waals surface area contributed by atoms with Gasteiger partial charge in [-0.05, 0) is 24.5 Å². The summed E-state index contributed by atoms with van der Waals surface area (Å²) in [6.45, 7) is 1.25. The van der Waals surface area contributed by atoms with Crippen molar-refractivity contribution in [2.24, 2.45) is 0 Å². The molecule has 0 aliphatic heterocycles. The van der Waals surface area contributed by atoms with Crippen LogP contribution in [-0.4, -0.2) is 17.7 Å². The zero-order chi connectivity index (χ0) is 14.4. The van der Waals surface area contributed by atoms with Crippen LogP contribution in [0.2, 0.25) is 0 Å². The Labute approximate surface area is 121 Å². The number of benzene rings is 1. The predicted molar refractivity (Wildman–Crippen MR) is 80.1 cm³/mol. The van der Waals surface area contributed by atoms with Gasteiger partial charge in [-0.3, -0.25) is 0 Å². The monoisotopic (exact) mass is 291 g/mol. The zero-order valence-electron chi connectivity index (χ0n) is 11.0. The van der Waals surface area contributed by atoms with E-state index in [2.05, 4.69) is 0 Å². The molecule has 3 N–H and O–H groups in total. The maximum absolute atomic E-state index is 10.9. The zero-order valence-corrected chi connectivity index (χ0v) is 11.9. The van der Waals surface area contributed by atoms with Gasteiger partial charge >= 0.3 is 5.97 Å². The minimum atomic E-state index is -0.967. The van der Waals surface area contributed by atoms with Crippen LogP contribution in [0.5, 0.6) is 0 Å². The van der Waals surface area contributed by atoms with E-state index < -0.39 is 5.97 Å². The van der Waals surface area contributed by atoms with Crippen LogP contribution in [0.4, 0.5) is 5.00 Å². The van der Waals surface area contributed by atoms with Crippen molar-refractivity contribution in [1.82, 2.24) is 0 Å². The van der Waals surface area contributed by atoms with Gasteiger partial charge in [0.2, 0.25) is 0 Å². The summed E-state index contributed by atoms with van der Waals surface area (Å²) >= 11 is 1.34. The Morgan fingerprint density at radius 2 is 2.05 bits per heavy atom. The normalized spacial score (nSPS) is 10.6. The third kappa shape index (κ3) is 4.08. The van der Waals surface area contributed by atoms with E-state index in [9.17, 15) is 4.79 Å². The van der Waals surface area contributed by atoms with Gasteiger partial charge < -0.3 is 15.6 Å². The number of anilines is 1. The number of carboxylic acid groups (broad SMARTS) is 1. The molecule has 2 rings (SSSR count). The van der Waals surface area contributed by atoms with Crippen molar-refractivity contribution in [3.8, 4) is 0 Å². The van der Waals surface area contributed by atoms with Gasteiger partial charge in [0.05, 0.1) is 12.2 Å². The van der Waals surface area contributed by atoms with Gasteiger partial charge in [-0.25, -0.2) is 4.79 Å². The number of aryl methyl sites for hydroxylation is 1. The molecule has 2 aromatic rings. The Hall–Kier alpha value is -1.85. The molecule has 5 heteroatoms. The molecule has 0 atom stereocenters. The Morgan fingerprint density at radius 1 is 1.30 bits per heavy atom. The van der Waals surface area contributed by atoms with E-state index in [1.807, 2.05) is 30.3 Å². The van der Waals surface area contributed by atoms with Gasteiger partial charge in [0, 0.05) is 11.5 Å². The first-order valence-corrected chi connectivity index (χ1v) is 7.21. The van der Waals surface area contributed by atoms with Crippen LogP contribution < -0.4 is 5.73 Å². The molecule has 0 spiro atoms. The maximum Gasteiger partial charge on any atom is 0.338 e. The van der Waals surface area contributed by atoms with Gasteiger partial charge in [-0.15, -0.1) is 11.3 Å². The lowest BCUT2D eigenvalue weighted by molar-refractivity contribution is 0.0698. The van der Waals surface area contributed by atoms with Gasteiger partial charge in [-0.2, -0.15) is 0 Å². The first-order valence-electron chi connectivity index (χ1n) is 6.40. The highest BCUT2D eigenvalue weighted by Crippen LogP contribution is 2.25. The van der Waals surface area contributed by atoms with E-state index in [-0.39, 0.29) is 5.56 Å². The fourth-order valence-corrected chi connectivity index (χ4v) is 2.82. The quantitative estimate of drug-likeness (QED) is 0.768. The molecular formula is C15H17NO3S. The summed E-state index contributed by atoms with van der Waals surface area (Å²) in [6, 6.07) is 11.7. The number of rotatable bonds is 7. The lowest BCUT2D eigenvalue weighted by Gasteiger charge is -2.03. The van der Waals surface area contributed by atoms with E-state index in [0.29, 0.717) is 18.2 Å². The van der Waals surface area contributed by atoms with E-state index in [0.717, 1.165) is 23.3 Å². The van der Waals surface area contributed by atoms with Gasteiger partial charge in [0.25, 0.3) is 0 Å². The number of hydrogen-bond donors (Lipinski definition) is 2. The Kier molecular flexibility index (Phi) is 5.15. The number of thiophene rings is 1. The maximum atomic E-state index is 10.9. The Balaban J connectivity index is 1.71. The minimum absolute atomic E-state index is 0.204. The summed E-state index contributed by atoms with van der Waals surface area (Å²) in [5.41, 5.74) is 7.01. The molecule has 0 aliphatic rings. The van der Waals surface area contributed by atoms with Gasteiger partial charge in [-0.1, -0.05) is 30.3 Å². The molecule has 1 heterocycles.